The van der Waals surface area contributed by atoms with E-state index in [1.54, 1.807) is 0 Å². The Kier molecular flexibility index (Phi) is 6.47. The van der Waals surface area contributed by atoms with Crippen molar-refractivity contribution in [1.82, 2.24) is 10.2 Å². The van der Waals surface area contributed by atoms with Crippen molar-refractivity contribution in [3.8, 4) is 0 Å². The number of rotatable bonds is 6. The summed E-state index contributed by atoms with van der Waals surface area (Å²) in [5, 5.41) is 5.57. The van der Waals surface area contributed by atoms with Gasteiger partial charge in [-0.05, 0) is 35.6 Å². The fourth-order valence-corrected chi connectivity index (χ4v) is 3.05. The number of hydrogen-bond acceptors (Lipinski definition) is 3. The van der Waals surface area contributed by atoms with E-state index in [1.165, 1.54) is 16.1 Å². The Balaban J connectivity index is 1.88. The number of anilines is 1. The van der Waals surface area contributed by atoms with E-state index >= 15 is 0 Å². The van der Waals surface area contributed by atoms with Gasteiger partial charge in [0.05, 0.1) is 0 Å². The Morgan fingerprint density at radius 3 is 2.65 bits per heavy atom. The second kappa shape index (κ2) is 8.58. The van der Waals surface area contributed by atoms with Gasteiger partial charge in [-0.1, -0.05) is 18.2 Å². The molecule has 1 aromatic heterocycles. The number of thiophene rings is 1. The Morgan fingerprint density at radius 2 is 2.00 bits per heavy atom. The van der Waals surface area contributed by atoms with Crippen LogP contribution in [0.5, 0.6) is 0 Å². The highest BCUT2D eigenvalue weighted by molar-refractivity contribution is 7.09. The summed E-state index contributed by atoms with van der Waals surface area (Å²) in [7, 11) is 8.03. The van der Waals surface area contributed by atoms with E-state index < -0.39 is 0 Å². The van der Waals surface area contributed by atoms with Crippen molar-refractivity contribution in [3.05, 3.63) is 52.2 Å². The largest absolute Gasteiger partial charge is 0.378 e. The van der Waals surface area contributed by atoms with Crippen LogP contribution in [0.15, 0.2) is 46.8 Å². The smallest absolute Gasteiger partial charge is 0.193 e. The molecule has 0 saturated heterocycles. The first kappa shape index (κ1) is 17.3. The molecular formula is C18H26N4S. The van der Waals surface area contributed by atoms with Gasteiger partial charge in [0.2, 0.25) is 0 Å². The van der Waals surface area contributed by atoms with Crippen molar-refractivity contribution in [2.75, 3.05) is 39.6 Å². The second-order valence-electron chi connectivity index (χ2n) is 5.72. The fraction of sp³-hybridized carbons (Fsp3) is 0.389. The first-order valence-corrected chi connectivity index (χ1v) is 8.68. The van der Waals surface area contributed by atoms with Gasteiger partial charge in [-0.15, -0.1) is 11.3 Å². The SMILES string of the molecule is CN=C(NCc1cccc(N(C)C)c1)N(C)CCc1cccs1. The number of guanidine groups is 1. The van der Waals surface area contributed by atoms with Crippen LogP contribution >= 0.6 is 11.3 Å². The van der Waals surface area contributed by atoms with Gasteiger partial charge in [0, 0.05) is 51.8 Å². The lowest BCUT2D eigenvalue weighted by atomic mass is 10.2. The third-order valence-electron chi connectivity index (χ3n) is 3.72. The Hall–Kier alpha value is -2.01. The molecule has 0 unspecified atom stereocenters. The van der Waals surface area contributed by atoms with Gasteiger partial charge < -0.3 is 15.1 Å². The normalized spacial score (nSPS) is 11.4. The summed E-state index contributed by atoms with van der Waals surface area (Å²) in [4.78, 5) is 10.1. The first-order valence-electron chi connectivity index (χ1n) is 7.80. The van der Waals surface area contributed by atoms with Gasteiger partial charge in [0.1, 0.15) is 0 Å². The van der Waals surface area contributed by atoms with Crippen LogP contribution in [0.2, 0.25) is 0 Å². The maximum atomic E-state index is 4.38. The molecule has 2 rings (SSSR count). The lowest BCUT2D eigenvalue weighted by Gasteiger charge is -2.22. The third kappa shape index (κ3) is 5.28. The van der Waals surface area contributed by atoms with E-state index in [-0.39, 0.29) is 0 Å². The molecule has 0 aliphatic heterocycles. The van der Waals surface area contributed by atoms with Gasteiger partial charge in [-0.25, -0.2) is 0 Å². The fourth-order valence-electron chi connectivity index (χ4n) is 2.35. The number of nitrogens with one attached hydrogen (secondary N) is 1. The van der Waals surface area contributed by atoms with Crippen LogP contribution in [0.1, 0.15) is 10.4 Å². The van der Waals surface area contributed by atoms with Crippen LogP contribution in [-0.2, 0) is 13.0 Å². The molecule has 0 atom stereocenters. The van der Waals surface area contributed by atoms with E-state index in [0.29, 0.717) is 0 Å². The van der Waals surface area contributed by atoms with Crippen molar-refractivity contribution in [2.24, 2.45) is 4.99 Å². The molecule has 0 amide bonds. The molecule has 0 fully saturated rings. The topological polar surface area (TPSA) is 30.9 Å². The van der Waals surface area contributed by atoms with Crippen LogP contribution in [-0.4, -0.2) is 45.6 Å². The predicted octanol–water partition coefficient (Wildman–Crippen LogP) is 3.06. The number of nitrogens with zero attached hydrogens (tertiary/aromatic N) is 3. The molecule has 0 radical (unpaired) electrons. The Bertz CT molecular complexity index is 620. The molecule has 1 aromatic carbocycles. The van der Waals surface area contributed by atoms with Crippen LogP contribution in [0, 0.1) is 0 Å². The van der Waals surface area contributed by atoms with Crippen LogP contribution in [0.4, 0.5) is 5.69 Å². The maximum absolute atomic E-state index is 4.38. The van der Waals surface area contributed by atoms with Gasteiger partial charge in [-0.2, -0.15) is 0 Å². The summed E-state index contributed by atoms with van der Waals surface area (Å²) in [6.07, 6.45) is 1.05. The predicted molar refractivity (Wildman–Crippen MR) is 102 cm³/mol. The first-order chi connectivity index (χ1) is 11.1. The second-order valence-corrected chi connectivity index (χ2v) is 6.75. The molecular weight excluding hydrogens is 304 g/mol. The lowest BCUT2D eigenvalue weighted by Crippen LogP contribution is -2.39. The molecule has 0 saturated carbocycles. The monoisotopic (exact) mass is 330 g/mol. The highest BCUT2D eigenvalue weighted by Gasteiger charge is 2.06. The van der Waals surface area contributed by atoms with Crippen molar-refractivity contribution in [1.29, 1.82) is 0 Å². The van der Waals surface area contributed by atoms with Gasteiger partial charge in [0.15, 0.2) is 5.96 Å². The number of likely N-dealkylation sites (N-methyl/N-ethyl adjacent to an activating group) is 1. The zero-order chi connectivity index (χ0) is 16.7. The highest BCUT2D eigenvalue weighted by Crippen LogP contribution is 2.13. The van der Waals surface area contributed by atoms with Crippen molar-refractivity contribution in [2.45, 2.75) is 13.0 Å². The van der Waals surface area contributed by atoms with Crippen molar-refractivity contribution in [3.63, 3.8) is 0 Å². The van der Waals surface area contributed by atoms with E-state index in [1.807, 2.05) is 18.4 Å². The number of aliphatic imine (C=N–C) groups is 1. The van der Waals surface area contributed by atoms with Gasteiger partial charge in [0.25, 0.3) is 0 Å². The minimum atomic E-state index is 0.775. The molecule has 5 heteroatoms. The molecule has 2 aromatic rings. The quantitative estimate of drug-likeness (QED) is 0.652. The summed E-state index contributed by atoms with van der Waals surface area (Å²) >= 11 is 1.81. The maximum Gasteiger partial charge on any atom is 0.193 e. The van der Waals surface area contributed by atoms with Crippen LogP contribution in [0.3, 0.4) is 0 Å². The molecule has 4 nitrogen and oxygen atoms in total. The third-order valence-corrected chi connectivity index (χ3v) is 4.66. The van der Waals surface area contributed by atoms with Gasteiger partial charge >= 0.3 is 0 Å². The molecule has 0 spiro atoms. The molecule has 0 bridgehead atoms. The summed E-state index contributed by atoms with van der Waals surface area (Å²) < 4.78 is 0. The zero-order valence-corrected chi connectivity index (χ0v) is 15.2. The van der Waals surface area contributed by atoms with E-state index in [2.05, 4.69) is 83.0 Å². The molecule has 23 heavy (non-hydrogen) atoms. The van der Waals surface area contributed by atoms with Crippen LogP contribution < -0.4 is 10.2 Å². The standard InChI is InChI=1S/C18H26N4S/c1-19-18(22(4)11-10-17-9-6-12-23-17)20-14-15-7-5-8-16(13-15)21(2)3/h5-9,12-13H,10-11,14H2,1-4H3,(H,19,20). The number of benzene rings is 1. The Labute approximate surface area is 143 Å². The molecule has 0 aliphatic rings. The summed E-state index contributed by atoms with van der Waals surface area (Å²) in [6, 6.07) is 12.8. The van der Waals surface area contributed by atoms with Crippen molar-refractivity contribution < 1.29 is 0 Å². The van der Waals surface area contributed by atoms with Crippen molar-refractivity contribution >= 4 is 23.0 Å². The van der Waals surface area contributed by atoms with E-state index in [4.69, 9.17) is 0 Å². The molecule has 124 valence electrons. The summed E-state index contributed by atoms with van der Waals surface area (Å²) in [5.74, 6) is 0.928. The minimum absolute atomic E-state index is 0.775. The van der Waals surface area contributed by atoms with Crippen LogP contribution in [0.25, 0.3) is 0 Å². The molecule has 0 aliphatic carbocycles. The summed E-state index contributed by atoms with van der Waals surface area (Å²) in [5.41, 5.74) is 2.47. The average molecular weight is 331 g/mol. The van der Waals surface area contributed by atoms with E-state index in [9.17, 15) is 0 Å². The Morgan fingerprint density at radius 1 is 1.17 bits per heavy atom. The molecule has 1 N–H and O–H groups in total. The number of hydrogen-bond donors (Lipinski definition) is 1. The highest BCUT2D eigenvalue weighted by atomic mass is 32.1. The molecule has 1 heterocycles. The van der Waals surface area contributed by atoms with Gasteiger partial charge in [-0.3, -0.25) is 4.99 Å². The minimum Gasteiger partial charge on any atom is -0.378 e. The van der Waals surface area contributed by atoms with E-state index in [0.717, 1.165) is 25.5 Å². The lowest BCUT2D eigenvalue weighted by molar-refractivity contribution is 0.486. The summed E-state index contributed by atoms with van der Waals surface area (Å²) in [6.45, 7) is 1.73. The zero-order valence-electron chi connectivity index (χ0n) is 14.4. The average Bonchev–Trinajstić information content (AvgIpc) is 3.07.